The molecular formula is C15H22N3O2S+. The monoisotopic (exact) mass is 308 g/mol. The molecule has 1 heterocycles. The number of aromatic nitrogens is 2. The highest BCUT2D eigenvalue weighted by molar-refractivity contribution is 7.89. The minimum Gasteiger partial charge on any atom is -0.250 e. The number of nitrogens with zero attached hydrogens (tertiary/aromatic N) is 1. The van der Waals surface area contributed by atoms with Crippen molar-refractivity contribution in [3.8, 4) is 0 Å². The van der Waals surface area contributed by atoms with Gasteiger partial charge in [-0.1, -0.05) is 6.07 Å². The van der Waals surface area contributed by atoms with E-state index < -0.39 is 10.0 Å². The summed E-state index contributed by atoms with van der Waals surface area (Å²) in [7, 11) is -3.44. The molecule has 0 amide bonds. The highest BCUT2D eigenvalue weighted by Gasteiger charge is 2.17. The second kappa shape index (κ2) is 6.41. The number of H-pyrrole nitrogens is 1. The minimum atomic E-state index is -3.44. The summed E-state index contributed by atoms with van der Waals surface area (Å²) in [6, 6.07) is 3.66. The first-order valence-electron chi connectivity index (χ1n) is 6.99. The van der Waals surface area contributed by atoms with E-state index in [-0.39, 0.29) is 0 Å². The zero-order chi connectivity index (χ0) is 15.5. The van der Waals surface area contributed by atoms with Crippen LogP contribution in [-0.4, -0.2) is 19.9 Å². The number of nitrogens with one attached hydrogen (secondary N) is 2. The largest absolute Gasteiger partial charge is 0.250 e. The van der Waals surface area contributed by atoms with Gasteiger partial charge in [0.05, 0.1) is 11.4 Å². The van der Waals surface area contributed by atoms with Crippen LogP contribution in [-0.2, 0) is 16.6 Å². The van der Waals surface area contributed by atoms with E-state index in [1.54, 1.807) is 6.07 Å². The van der Waals surface area contributed by atoms with Gasteiger partial charge in [-0.15, -0.1) is 0 Å². The summed E-state index contributed by atoms with van der Waals surface area (Å²) < 4.78 is 29.4. The van der Waals surface area contributed by atoms with Crippen LogP contribution >= 0.6 is 0 Å². The molecule has 2 aromatic rings. The lowest BCUT2D eigenvalue weighted by Crippen LogP contribution is -2.34. The molecule has 0 fully saturated rings. The molecule has 0 aliphatic rings. The zero-order valence-electron chi connectivity index (χ0n) is 12.7. The van der Waals surface area contributed by atoms with Crippen LogP contribution in [0.2, 0.25) is 0 Å². The summed E-state index contributed by atoms with van der Waals surface area (Å²) in [5, 5.41) is 0. The maximum absolute atomic E-state index is 12.4. The SMILES string of the molecule is Cc1cc(C)c(S(=O)(=O)NCCC[n+]2cc[nH]c2)cc1C. The molecule has 0 radical (unpaired) electrons. The van der Waals surface area contributed by atoms with Crippen molar-refractivity contribution in [1.82, 2.24) is 9.71 Å². The number of aromatic amines is 1. The Bertz CT molecular complexity index is 707. The van der Waals surface area contributed by atoms with Crippen molar-refractivity contribution in [3.05, 3.63) is 47.5 Å². The van der Waals surface area contributed by atoms with Crippen molar-refractivity contribution in [2.45, 2.75) is 38.6 Å². The fourth-order valence-electron chi connectivity index (χ4n) is 2.23. The summed E-state index contributed by atoms with van der Waals surface area (Å²) in [4.78, 5) is 3.33. The molecule has 0 saturated carbocycles. The van der Waals surface area contributed by atoms with E-state index in [1.807, 2.05) is 50.1 Å². The first-order valence-corrected chi connectivity index (χ1v) is 8.48. The summed E-state index contributed by atoms with van der Waals surface area (Å²) in [5.74, 6) is 0. The summed E-state index contributed by atoms with van der Waals surface area (Å²) in [6.45, 7) is 6.94. The normalized spacial score (nSPS) is 11.8. The van der Waals surface area contributed by atoms with Crippen molar-refractivity contribution in [2.75, 3.05) is 6.54 Å². The smallest absolute Gasteiger partial charge is 0.241 e. The van der Waals surface area contributed by atoms with Crippen molar-refractivity contribution in [3.63, 3.8) is 0 Å². The topological polar surface area (TPSA) is 65.8 Å². The fourth-order valence-corrected chi connectivity index (χ4v) is 3.61. The highest BCUT2D eigenvalue weighted by atomic mass is 32.2. The second-order valence-corrected chi connectivity index (χ2v) is 7.04. The summed E-state index contributed by atoms with van der Waals surface area (Å²) in [5.41, 5.74) is 2.88. The lowest BCUT2D eigenvalue weighted by atomic mass is 10.1. The first-order chi connectivity index (χ1) is 9.90. The van der Waals surface area contributed by atoms with E-state index in [0.717, 1.165) is 29.7 Å². The van der Waals surface area contributed by atoms with E-state index in [0.29, 0.717) is 11.4 Å². The molecule has 6 heteroatoms. The molecule has 5 nitrogen and oxygen atoms in total. The quantitative estimate of drug-likeness (QED) is 0.629. The van der Waals surface area contributed by atoms with Gasteiger partial charge in [0, 0.05) is 6.54 Å². The third kappa shape index (κ3) is 3.92. The Morgan fingerprint density at radius 1 is 1.14 bits per heavy atom. The van der Waals surface area contributed by atoms with Gasteiger partial charge in [-0.3, -0.25) is 4.98 Å². The van der Waals surface area contributed by atoms with Gasteiger partial charge in [0.25, 0.3) is 0 Å². The standard InChI is InChI=1S/C15H21N3O2S/c1-12-9-14(3)15(10-13(12)2)21(19,20)17-5-4-7-18-8-6-16-11-18/h6,8-11,17H,4-5,7H2,1-3H3/p+1. The van der Waals surface area contributed by atoms with Crippen LogP contribution in [0.4, 0.5) is 0 Å². The molecular weight excluding hydrogens is 286 g/mol. The van der Waals surface area contributed by atoms with Crippen molar-refractivity contribution in [2.24, 2.45) is 0 Å². The van der Waals surface area contributed by atoms with E-state index in [1.165, 1.54) is 0 Å². The zero-order valence-corrected chi connectivity index (χ0v) is 13.5. The van der Waals surface area contributed by atoms with Crippen LogP contribution in [0.1, 0.15) is 23.1 Å². The molecule has 0 spiro atoms. The average molecular weight is 308 g/mol. The maximum atomic E-state index is 12.4. The van der Waals surface area contributed by atoms with Gasteiger partial charge in [-0.2, -0.15) is 0 Å². The van der Waals surface area contributed by atoms with Crippen LogP contribution in [0.25, 0.3) is 0 Å². The van der Waals surface area contributed by atoms with Crippen LogP contribution in [0.3, 0.4) is 0 Å². The average Bonchev–Trinajstić information content (AvgIpc) is 2.92. The third-order valence-electron chi connectivity index (χ3n) is 3.57. The number of aryl methyl sites for hydroxylation is 4. The van der Waals surface area contributed by atoms with Gasteiger partial charge in [-0.25, -0.2) is 17.7 Å². The van der Waals surface area contributed by atoms with E-state index in [4.69, 9.17) is 0 Å². The van der Waals surface area contributed by atoms with Crippen LogP contribution in [0, 0.1) is 20.8 Å². The molecule has 0 bridgehead atoms. The predicted molar refractivity (Wildman–Crippen MR) is 81.4 cm³/mol. The predicted octanol–water partition coefficient (Wildman–Crippen LogP) is 1.60. The Morgan fingerprint density at radius 3 is 2.52 bits per heavy atom. The van der Waals surface area contributed by atoms with E-state index in [9.17, 15) is 8.42 Å². The van der Waals surface area contributed by atoms with Crippen molar-refractivity contribution < 1.29 is 13.0 Å². The Kier molecular flexibility index (Phi) is 4.80. The van der Waals surface area contributed by atoms with Gasteiger partial charge in [-0.05, 0) is 49.9 Å². The van der Waals surface area contributed by atoms with Gasteiger partial charge >= 0.3 is 0 Å². The molecule has 0 atom stereocenters. The minimum absolute atomic E-state index is 0.375. The molecule has 1 aromatic heterocycles. The molecule has 21 heavy (non-hydrogen) atoms. The Morgan fingerprint density at radius 2 is 1.86 bits per heavy atom. The van der Waals surface area contributed by atoms with Gasteiger partial charge < -0.3 is 0 Å². The summed E-state index contributed by atoms with van der Waals surface area (Å²) >= 11 is 0. The van der Waals surface area contributed by atoms with Gasteiger partial charge in [0.15, 0.2) is 0 Å². The lowest BCUT2D eigenvalue weighted by molar-refractivity contribution is -0.695. The lowest BCUT2D eigenvalue weighted by Gasteiger charge is -2.11. The van der Waals surface area contributed by atoms with Crippen LogP contribution < -0.4 is 9.29 Å². The molecule has 1 aromatic carbocycles. The maximum Gasteiger partial charge on any atom is 0.241 e. The number of hydrogen-bond donors (Lipinski definition) is 2. The number of hydrogen-bond acceptors (Lipinski definition) is 2. The van der Waals surface area contributed by atoms with Crippen LogP contribution in [0.15, 0.2) is 35.7 Å². The van der Waals surface area contributed by atoms with E-state index in [2.05, 4.69) is 9.71 Å². The number of imidazole rings is 1. The molecule has 0 saturated heterocycles. The number of rotatable bonds is 6. The Hall–Kier alpha value is -1.66. The second-order valence-electron chi connectivity index (χ2n) is 5.30. The Balaban J connectivity index is 2.00. The summed E-state index contributed by atoms with van der Waals surface area (Å²) in [6.07, 6.45) is 6.35. The number of sulfonamides is 1. The number of benzene rings is 1. The molecule has 114 valence electrons. The fraction of sp³-hybridized carbons (Fsp3) is 0.400. The van der Waals surface area contributed by atoms with Gasteiger partial charge in [0.2, 0.25) is 16.4 Å². The van der Waals surface area contributed by atoms with Crippen LogP contribution in [0.5, 0.6) is 0 Å². The van der Waals surface area contributed by atoms with E-state index >= 15 is 0 Å². The molecule has 0 aliphatic carbocycles. The van der Waals surface area contributed by atoms with Crippen molar-refractivity contribution >= 4 is 10.0 Å². The first kappa shape index (κ1) is 15.7. The molecule has 0 unspecified atom stereocenters. The van der Waals surface area contributed by atoms with Crippen molar-refractivity contribution in [1.29, 1.82) is 0 Å². The third-order valence-corrected chi connectivity index (χ3v) is 5.17. The Labute approximate surface area is 126 Å². The van der Waals surface area contributed by atoms with Gasteiger partial charge in [0.1, 0.15) is 12.4 Å². The molecule has 2 N–H and O–H groups in total. The highest BCUT2D eigenvalue weighted by Crippen LogP contribution is 2.19. The molecule has 2 rings (SSSR count). The molecule has 0 aliphatic heterocycles.